The average Bonchev–Trinajstić information content (AvgIpc) is 2.75. The molecule has 0 N–H and O–H groups in total. The summed E-state index contributed by atoms with van der Waals surface area (Å²) in [5.74, 6) is 0.408. The quantitative estimate of drug-likeness (QED) is 0.715. The van der Waals surface area contributed by atoms with Gasteiger partial charge in [0, 0.05) is 6.54 Å². The third-order valence-corrected chi connectivity index (χ3v) is 4.30. The number of hydrogen-bond donors (Lipinski definition) is 0. The third-order valence-electron chi connectivity index (χ3n) is 4.30. The van der Waals surface area contributed by atoms with E-state index in [1.54, 1.807) is 4.90 Å². The molecule has 0 unspecified atom stereocenters. The number of nitrogens with zero attached hydrogens (tertiary/aromatic N) is 2. The lowest BCUT2D eigenvalue weighted by Crippen LogP contribution is -2.45. The van der Waals surface area contributed by atoms with Crippen LogP contribution in [0.3, 0.4) is 0 Å². The van der Waals surface area contributed by atoms with Crippen LogP contribution in [0.15, 0.2) is 48.5 Å². The van der Waals surface area contributed by atoms with E-state index >= 15 is 0 Å². The Hall–Kier alpha value is -3.53. The number of para-hydroxylation sites is 2. The topological polar surface area (TPSA) is 88.9 Å². The Morgan fingerprint density at radius 3 is 2.57 bits per heavy atom. The maximum atomic E-state index is 12.4. The summed E-state index contributed by atoms with van der Waals surface area (Å²) in [6.07, 6.45) is -0.298. The van der Waals surface area contributed by atoms with Crippen LogP contribution >= 0.6 is 0 Å². The molecule has 0 saturated carbocycles. The van der Waals surface area contributed by atoms with Gasteiger partial charge in [-0.3, -0.25) is 4.79 Å². The first kappa shape index (κ1) is 19.2. The van der Waals surface area contributed by atoms with Gasteiger partial charge in [0.05, 0.1) is 23.7 Å². The van der Waals surface area contributed by atoms with Crippen LogP contribution in [0.4, 0.5) is 0 Å². The van der Waals surface area contributed by atoms with E-state index in [9.17, 15) is 9.59 Å². The molecule has 0 radical (unpaired) electrons. The van der Waals surface area contributed by atoms with Crippen LogP contribution < -0.4 is 9.47 Å². The number of esters is 1. The second-order valence-corrected chi connectivity index (χ2v) is 6.20. The van der Waals surface area contributed by atoms with Crippen molar-refractivity contribution in [2.24, 2.45) is 0 Å². The van der Waals surface area contributed by atoms with E-state index in [0.29, 0.717) is 36.8 Å². The lowest BCUT2D eigenvalue weighted by molar-refractivity contribution is -0.135. The van der Waals surface area contributed by atoms with Crippen LogP contribution in [0.5, 0.6) is 11.5 Å². The van der Waals surface area contributed by atoms with Crippen molar-refractivity contribution in [1.82, 2.24) is 4.90 Å². The molecule has 0 saturated heterocycles. The monoisotopic (exact) mass is 380 g/mol. The summed E-state index contributed by atoms with van der Waals surface area (Å²) >= 11 is 0. The van der Waals surface area contributed by atoms with Crippen LogP contribution in [0.2, 0.25) is 0 Å². The van der Waals surface area contributed by atoms with Crippen molar-refractivity contribution in [1.29, 1.82) is 5.26 Å². The molecule has 1 aliphatic rings. The minimum absolute atomic E-state index is 0.287. The number of amides is 1. The maximum absolute atomic E-state index is 12.4. The van der Waals surface area contributed by atoms with Crippen molar-refractivity contribution >= 4 is 11.9 Å². The molecule has 1 atom stereocenters. The summed E-state index contributed by atoms with van der Waals surface area (Å²) in [5, 5.41) is 8.78. The van der Waals surface area contributed by atoms with Crippen molar-refractivity contribution in [3.05, 3.63) is 59.7 Å². The number of nitriles is 1. The third kappa shape index (κ3) is 4.60. The summed E-state index contributed by atoms with van der Waals surface area (Å²) in [4.78, 5) is 26.1. The normalized spacial score (nSPS) is 14.6. The molecule has 1 aliphatic heterocycles. The van der Waals surface area contributed by atoms with Gasteiger partial charge in [0.1, 0.15) is 6.61 Å². The minimum atomic E-state index is -0.611. The molecule has 0 bridgehead atoms. The molecule has 144 valence electrons. The van der Waals surface area contributed by atoms with E-state index in [-0.39, 0.29) is 24.2 Å². The van der Waals surface area contributed by atoms with E-state index in [2.05, 4.69) is 0 Å². The van der Waals surface area contributed by atoms with Gasteiger partial charge >= 0.3 is 5.97 Å². The zero-order valence-corrected chi connectivity index (χ0v) is 15.5. The Morgan fingerprint density at radius 2 is 1.89 bits per heavy atom. The zero-order valence-electron chi connectivity index (χ0n) is 15.5. The molecule has 0 fully saturated rings. The van der Waals surface area contributed by atoms with Crippen LogP contribution in [0.1, 0.15) is 22.8 Å². The highest BCUT2D eigenvalue weighted by atomic mass is 16.6. The lowest BCUT2D eigenvalue weighted by Gasteiger charge is -2.30. The molecule has 2 aromatic rings. The molecule has 1 amide bonds. The van der Waals surface area contributed by atoms with Crippen molar-refractivity contribution < 1.29 is 23.8 Å². The first-order valence-corrected chi connectivity index (χ1v) is 8.94. The van der Waals surface area contributed by atoms with Gasteiger partial charge in [-0.2, -0.15) is 5.26 Å². The van der Waals surface area contributed by atoms with Crippen LogP contribution in [-0.2, 0) is 9.53 Å². The first-order valence-electron chi connectivity index (χ1n) is 8.94. The molecule has 28 heavy (non-hydrogen) atoms. The number of hydrogen-bond acceptors (Lipinski definition) is 6. The molecular formula is C21H20N2O5. The average molecular weight is 380 g/mol. The van der Waals surface area contributed by atoms with E-state index in [1.807, 2.05) is 37.3 Å². The van der Waals surface area contributed by atoms with Gasteiger partial charge in [-0.05, 0) is 43.3 Å². The molecule has 2 aromatic carbocycles. The van der Waals surface area contributed by atoms with Gasteiger partial charge in [-0.25, -0.2) is 4.79 Å². The zero-order chi connectivity index (χ0) is 19.9. The van der Waals surface area contributed by atoms with Gasteiger partial charge in [0.25, 0.3) is 5.91 Å². The summed E-state index contributed by atoms with van der Waals surface area (Å²) in [5.41, 5.74) is 0.733. The lowest BCUT2D eigenvalue weighted by atomic mass is 10.1. The van der Waals surface area contributed by atoms with Gasteiger partial charge in [0.15, 0.2) is 24.2 Å². The molecule has 7 heteroatoms. The van der Waals surface area contributed by atoms with E-state index in [4.69, 9.17) is 19.5 Å². The highest BCUT2D eigenvalue weighted by Gasteiger charge is 2.25. The summed E-state index contributed by atoms with van der Waals surface area (Å²) < 4.78 is 16.6. The smallest absolute Gasteiger partial charge is 0.338 e. The Kier molecular flexibility index (Phi) is 6.12. The summed E-state index contributed by atoms with van der Waals surface area (Å²) in [7, 11) is 0. The van der Waals surface area contributed by atoms with Crippen LogP contribution in [-0.4, -0.2) is 49.2 Å². The Morgan fingerprint density at radius 1 is 1.18 bits per heavy atom. The van der Waals surface area contributed by atoms with E-state index in [0.717, 1.165) is 0 Å². The highest BCUT2D eigenvalue weighted by Crippen LogP contribution is 2.31. The van der Waals surface area contributed by atoms with Crippen molar-refractivity contribution in [3.63, 3.8) is 0 Å². The molecule has 7 nitrogen and oxygen atoms in total. The Balaban J connectivity index is 1.52. The van der Waals surface area contributed by atoms with Gasteiger partial charge in [-0.15, -0.1) is 0 Å². The van der Waals surface area contributed by atoms with Crippen LogP contribution in [0.25, 0.3) is 0 Å². The number of carbonyl (C=O) groups is 2. The number of ether oxygens (including phenoxy) is 3. The molecule has 3 rings (SSSR count). The first-order chi connectivity index (χ1) is 13.6. The number of rotatable bonds is 6. The van der Waals surface area contributed by atoms with Gasteiger partial charge in [-0.1, -0.05) is 12.1 Å². The Bertz CT molecular complexity index is 888. The number of carbonyl (C=O) groups excluding carboxylic acids is 2. The fourth-order valence-corrected chi connectivity index (χ4v) is 2.79. The SMILES string of the molecule is CCN(C[C@@H]1COc2ccccc2O1)C(=O)COC(=O)c1ccc(C#N)cc1. The number of benzene rings is 2. The van der Waals surface area contributed by atoms with Crippen molar-refractivity contribution in [2.75, 3.05) is 26.3 Å². The van der Waals surface area contributed by atoms with Gasteiger partial charge in [0.2, 0.25) is 0 Å². The molecular weight excluding hydrogens is 360 g/mol. The Labute approximate surface area is 163 Å². The number of fused-ring (bicyclic) bond motifs is 1. The maximum Gasteiger partial charge on any atom is 0.338 e. The highest BCUT2D eigenvalue weighted by molar-refractivity contribution is 5.91. The second-order valence-electron chi connectivity index (χ2n) is 6.20. The van der Waals surface area contributed by atoms with E-state index < -0.39 is 5.97 Å². The van der Waals surface area contributed by atoms with Crippen LogP contribution in [0, 0.1) is 11.3 Å². The molecule has 0 aromatic heterocycles. The summed E-state index contributed by atoms with van der Waals surface area (Å²) in [6, 6.07) is 15.4. The summed E-state index contributed by atoms with van der Waals surface area (Å²) in [6.45, 7) is 2.60. The molecule has 0 spiro atoms. The molecule has 1 heterocycles. The van der Waals surface area contributed by atoms with Crippen molar-refractivity contribution in [3.8, 4) is 17.6 Å². The minimum Gasteiger partial charge on any atom is -0.486 e. The fourth-order valence-electron chi connectivity index (χ4n) is 2.79. The molecule has 0 aliphatic carbocycles. The fraction of sp³-hybridized carbons (Fsp3) is 0.286. The van der Waals surface area contributed by atoms with Gasteiger partial charge < -0.3 is 19.1 Å². The number of likely N-dealkylation sites (N-methyl/N-ethyl adjacent to an activating group) is 1. The van der Waals surface area contributed by atoms with Crippen molar-refractivity contribution in [2.45, 2.75) is 13.0 Å². The van der Waals surface area contributed by atoms with E-state index in [1.165, 1.54) is 24.3 Å². The standard InChI is InChI=1S/C21H20N2O5/c1-2-23(12-17-13-26-18-5-3-4-6-19(18)28-17)20(24)14-27-21(25)16-9-7-15(11-22)8-10-16/h3-10,17H,2,12-14H2,1H3/t17-/m1/s1. The predicted molar refractivity (Wildman–Crippen MR) is 100 cm³/mol. The predicted octanol–water partition coefficient (Wildman–Crippen LogP) is 2.40. The second kappa shape index (κ2) is 8.91. The largest absolute Gasteiger partial charge is 0.486 e.